The molecule has 1 aliphatic heterocycles. The zero-order valence-corrected chi connectivity index (χ0v) is 12.8. The minimum Gasteiger partial charge on any atom is -0.497 e. The third-order valence-electron chi connectivity index (χ3n) is 3.01. The summed E-state index contributed by atoms with van der Waals surface area (Å²) in [4.78, 5) is 5.60. The van der Waals surface area contributed by atoms with Crippen molar-refractivity contribution >= 4 is 33.5 Å². The Bertz CT molecular complexity index is 606. The molecule has 0 radical (unpaired) electrons. The van der Waals surface area contributed by atoms with Crippen molar-refractivity contribution in [3.8, 4) is 5.75 Å². The number of fused-ring (bicyclic) bond motifs is 1. The smallest absolute Gasteiger partial charge is 0.130 e. The fourth-order valence-corrected chi connectivity index (χ4v) is 3.58. The number of hydrogen-bond donors (Lipinski definition) is 1. The standard InChI is InChI=1S/C14H13BrN2OS/c1-18-10-3-2-4-11(6-10)19-13-8-17-14-12(13)5-9(15)7-16-14/h2-7,13H,8H2,1H3,(H,16,17). The van der Waals surface area contributed by atoms with E-state index in [-0.39, 0.29) is 0 Å². The van der Waals surface area contributed by atoms with Crippen molar-refractivity contribution in [2.75, 3.05) is 19.0 Å². The molecule has 1 aliphatic rings. The van der Waals surface area contributed by atoms with Gasteiger partial charge in [0.2, 0.25) is 0 Å². The molecule has 98 valence electrons. The fourth-order valence-electron chi connectivity index (χ4n) is 2.09. The van der Waals surface area contributed by atoms with Crippen LogP contribution in [0.25, 0.3) is 0 Å². The van der Waals surface area contributed by atoms with Gasteiger partial charge in [-0.2, -0.15) is 0 Å². The molecule has 0 saturated heterocycles. The summed E-state index contributed by atoms with van der Waals surface area (Å²) in [5, 5.41) is 3.72. The van der Waals surface area contributed by atoms with Crippen molar-refractivity contribution in [1.82, 2.24) is 4.98 Å². The second kappa shape index (κ2) is 5.43. The monoisotopic (exact) mass is 336 g/mol. The van der Waals surface area contributed by atoms with Crippen LogP contribution in [0.3, 0.4) is 0 Å². The summed E-state index contributed by atoms with van der Waals surface area (Å²) in [6, 6.07) is 10.3. The van der Waals surface area contributed by atoms with E-state index in [1.165, 1.54) is 10.5 Å². The zero-order valence-electron chi connectivity index (χ0n) is 10.4. The Hall–Kier alpha value is -1.20. The number of rotatable bonds is 3. The quantitative estimate of drug-likeness (QED) is 0.914. The van der Waals surface area contributed by atoms with Crippen LogP contribution in [0, 0.1) is 0 Å². The Morgan fingerprint density at radius 3 is 3.16 bits per heavy atom. The summed E-state index contributed by atoms with van der Waals surface area (Å²) >= 11 is 5.31. The summed E-state index contributed by atoms with van der Waals surface area (Å²) < 4.78 is 6.28. The maximum Gasteiger partial charge on any atom is 0.130 e. The Kier molecular flexibility index (Phi) is 3.66. The highest BCUT2D eigenvalue weighted by Gasteiger charge is 2.24. The summed E-state index contributed by atoms with van der Waals surface area (Å²) in [5.74, 6) is 1.88. The van der Waals surface area contributed by atoms with Gasteiger partial charge in [0.25, 0.3) is 0 Å². The maximum atomic E-state index is 5.26. The van der Waals surface area contributed by atoms with E-state index in [9.17, 15) is 0 Å². The first-order chi connectivity index (χ1) is 9.26. The van der Waals surface area contributed by atoms with Crippen LogP contribution in [0.1, 0.15) is 10.8 Å². The number of pyridine rings is 1. The lowest BCUT2D eigenvalue weighted by Crippen LogP contribution is -1.97. The van der Waals surface area contributed by atoms with E-state index in [2.05, 4.69) is 44.4 Å². The highest BCUT2D eigenvalue weighted by molar-refractivity contribution is 9.10. The molecule has 1 aromatic heterocycles. The number of ether oxygens (including phenoxy) is 1. The van der Waals surface area contributed by atoms with Crippen molar-refractivity contribution in [2.24, 2.45) is 0 Å². The average Bonchev–Trinajstić information content (AvgIpc) is 2.81. The molecule has 2 aromatic rings. The first-order valence-electron chi connectivity index (χ1n) is 5.96. The van der Waals surface area contributed by atoms with E-state index in [1.807, 2.05) is 30.1 Å². The predicted octanol–water partition coefficient (Wildman–Crippen LogP) is 4.11. The molecule has 3 rings (SSSR count). The number of methoxy groups -OCH3 is 1. The van der Waals surface area contributed by atoms with Crippen molar-refractivity contribution in [2.45, 2.75) is 10.1 Å². The van der Waals surface area contributed by atoms with Crippen molar-refractivity contribution in [3.05, 3.63) is 46.6 Å². The van der Waals surface area contributed by atoms with Crippen LogP contribution >= 0.6 is 27.7 Å². The lowest BCUT2D eigenvalue weighted by atomic mass is 10.2. The predicted molar refractivity (Wildman–Crippen MR) is 82.0 cm³/mol. The van der Waals surface area contributed by atoms with Crippen LogP contribution in [-0.2, 0) is 0 Å². The van der Waals surface area contributed by atoms with Crippen LogP contribution in [0.5, 0.6) is 5.75 Å². The zero-order chi connectivity index (χ0) is 13.2. The molecule has 1 atom stereocenters. The van der Waals surface area contributed by atoms with Crippen molar-refractivity contribution in [3.63, 3.8) is 0 Å². The Morgan fingerprint density at radius 2 is 2.32 bits per heavy atom. The molecule has 1 aromatic carbocycles. The molecule has 3 nitrogen and oxygen atoms in total. The second-order valence-electron chi connectivity index (χ2n) is 4.26. The molecule has 0 bridgehead atoms. The number of nitrogens with one attached hydrogen (secondary N) is 1. The van der Waals surface area contributed by atoms with E-state index in [0.717, 1.165) is 22.6 Å². The molecule has 0 amide bonds. The van der Waals surface area contributed by atoms with Gasteiger partial charge in [0.15, 0.2) is 0 Å². The number of halogens is 1. The van der Waals surface area contributed by atoms with E-state index in [1.54, 1.807) is 7.11 Å². The molecule has 0 aliphatic carbocycles. The van der Waals surface area contributed by atoms with E-state index in [0.29, 0.717) is 5.25 Å². The topological polar surface area (TPSA) is 34.1 Å². The summed E-state index contributed by atoms with van der Waals surface area (Å²) in [5.41, 5.74) is 1.25. The second-order valence-corrected chi connectivity index (χ2v) is 6.45. The van der Waals surface area contributed by atoms with Gasteiger partial charge in [-0.3, -0.25) is 0 Å². The number of aromatic nitrogens is 1. The van der Waals surface area contributed by atoms with Gasteiger partial charge >= 0.3 is 0 Å². The summed E-state index contributed by atoms with van der Waals surface area (Å²) in [7, 11) is 1.69. The molecular formula is C14H13BrN2OS. The molecular weight excluding hydrogens is 324 g/mol. The lowest BCUT2D eigenvalue weighted by molar-refractivity contribution is 0.413. The average molecular weight is 337 g/mol. The van der Waals surface area contributed by atoms with Gasteiger partial charge in [-0.15, -0.1) is 11.8 Å². The molecule has 19 heavy (non-hydrogen) atoms. The van der Waals surface area contributed by atoms with Crippen LogP contribution in [-0.4, -0.2) is 18.6 Å². The van der Waals surface area contributed by atoms with Crippen molar-refractivity contribution < 1.29 is 4.74 Å². The number of benzene rings is 1. The van der Waals surface area contributed by atoms with E-state index >= 15 is 0 Å². The molecule has 0 spiro atoms. The first kappa shape index (κ1) is 12.8. The Balaban J connectivity index is 1.84. The Morgan fingerprint density at radius 1 is 1.42 bits per heavy atom. The largest absolute Gasteiger partial charge is 0.497 e. The minimum absolute atomic E-state index is 0.382. The fraction of sp³-hybridized carbons (Fsp3) is 0.214. The molecule has 1 unspecified atom stereocenters. The van der Waals surface area contributed by atoms with Gasteiger partial charge in [0.1, 0.15) is 11.6 Å². The third-order valence-corrected chi connectivity index (χ3v) is 4.67. The maximum absolute atomic E-state index is 5.26. The molecule has 5 heteroatoms. The number of hydrogen-bond acceptors (Lipinski definition) is 4. The first-order valence-corrected chi connectivity index (χ1v) is 7.63. The molecule has 2 heterocycles. The minimum atomic E-state index is 0.382. The normalized spacial score (nSPS) is 16.8. The van der Waals surface area contributed by atoms with E-state index in [4.69, 9.17) is 4.74 Å². The van der Waals surface area contributed by atoms with Gasteiger partial charge in [-0.1, -0.05) is 6.07 Å². The van der Waals surface area contributed by atoms with Crippen LogP contribution in [0.2, 0.25) is 0 Å². The molecule has 0 fully saturated rings. The number of anilines is 1. The molecule has 1 N–H and O–H groups in total. The van der Waals surface area contributed by atoms with Gasteiger partial charge in [-0.25, -0.2) is 4.98 Å². The lowest BCUT2D eigenvalue weighted by Gasteiger charge is -2.10. The van der Waals surface area contributed by atoms with Crippen LogP contribution in [0.15, 0.2) is 45.9 Å². The van der Waals surface area contributed by atoms with Gasteiger partial charge in [-0.05, 0) is 40.2 Å². The summed E-state index contributed by atoms with van der Waals surface area (Å²) in [6.45, 7) is 0.903. The highest BCUT2D eigenvalue weighted by Crippen LogP contribution is 2.43. The number of nitrogens with zero attached hydrogens (tertiary/aromatic N) is 1. The third kappa shape index (κ3) is 2.72. The molecule has 0 saturated carbocycles. The van der Waals surface area contributed by atoms with Gasteiger partial charge < -0.3 is 10.1 Å². The van der Waals surface area contributed by atoms with Crippen LogP contribution in [0.4, 0.5) is 5.82 Å². The van der Waals surface area contributed by atoms with Crippen molar-refractivity contribution in [1.29, 1.82) is 0 Å². The Labute approximate surface area is 124 Å². The van der Waals surface area contributed by atoms with E-state index < -0.39 is 0 Å². The van der Waals surface area contributed by atoms with Gasteiger partial charge in [0.05, 0.1) is 12.4 Å². The highest BCUT2D eigenvalue weighted by atomic mass is 79.9. The van der Waals surface area contributed by atoms with Crippen LogP contribution < -0.4 is 10.1 Å². The van der Waals surface area contributed by atoms with Gasteiger partial charge in [0, 0.05) is 27.7 Å². The summed E-state index contributed by atoms with van der Waals surface area (Å²) in [6.07, 6.45) is 1.82. The number of thioether (sulfide) groups is 1. The SMILES string of the molecule is COc1cccc(SC2CNc3ncc(Br)cc32)c1.